The molecule has 1 aliphatic heterocycles. The summed E-state index contributed by atoms with van der Waals surface area (Å²) in [5, 5.41) is 11.4. The second kappa shape index (κ2) is 4.95. The van der Waals surface area contributed by atoms with E-state index in [1.165, 1.54) is 12.0 Å². The Balaban J connectivity index is 2.19. The highest BCUT2D eigenvalue weighted by molar-refractivity contribution is 5.96. The van der Waals surface area contributed by atoms with Crippen molar-refractivity contribution in [2.24, 2.45) is 0 Å². The van der Waals surface area contributed by atoms with Gasteiger partial charge in [0.2, 0.25) is 0 Å². The van der Waals surface area contributed by atoms with Crippen LogP contribution in [0.15, 0.2) is 24.3 Å². The molecule has 6 heteroatoms. The summed E-state index contributed by atoms with van der Waals surface area (Å²) in [5.74, 6) is -0.342. The molecule has 1 heterocycles. The second-order valence-electron chi connectivity index (χ2n) is 4.03. The molecule has 0 spiro atoms. The Morgan fingerprint density at radius 3 is 2.94 bits per heavy atom. The average Bonchev–Trinajstić information content (AvgIpc) is 2.69. The highest BCUT2D eigenvalue weighted by Crippen LogP contribution is 2.29. The van der Waals surface area contributed by atoms with Gasteiger partial charge in [0.1, 0.15) is 5.75 Å². The van der Waals surface area contributed by atoms with Gasteiger partial charge in [0, 0.05) is 6.54 Å². The standard InChI is InChI=1S/C12H14N2O4/c1-18-10-5-3-2-4-9(10)14-7-8(6-11(15)16)13-12(14)17/h2-5,8H,6-7H2,1H3,(H,13,17)(H,15,16). The molecule has 1 aliphatic rings. The number of urea groups is 1. The third-order valence-electron chi connectivity index (χ3n) is 2.77. The van der Waals surface area contributed by atoms with Crippen molar-refractivity contribution < 1.29 is 19.4 Å². The zero-order valence-corrected chi connectivity index (χ0v) is 9.92. The van der Waals surface area contributed by atoms with Crippen molar-refractivity contribution in [3.8, 4) is 5.75 Å². The van der Waals surface area contributed by atoms with E-state index >= 15 is 0 Å². The topological polar surface area (TPSA) is 78.9 Å². The maximum atomic E-state index is 11.8. The van der Waals surface area contributed by atoms with Crippen molar-refractivity contribution in [1.29, 1.82) is 0 Å². The minimum absolute atomic E-state index is 0.0859. The van der Waals surface area contributed by atoms with E-state index in [4.69, 9.17) is 9.84 Å². The predicted octanol–water partition coefficient (Wildman–Crippen LogP) is 1.07. The minimum Gasteiger partial charge on any atom is -0.495 e. The number of nitrogens with one attached hydrogen (secondary N) is 1. The molecular weight excluding hydrogens is 236 g/mol. The Labute approximate surface area is 104 Å². The van der Waals surface area contributed by atoms with Crippen LogP contribution >= 0.6 is 0 Å². The van der Waals surface area contributed by atoms with Crippen LogP contribution in [0.25, 0.3) is 0 Å². The molecule has 6 nitrogen and oxygen atoms in total. The number of methoxy groups -OCH3 is 1. The quantitative estimate of drug-likeness (QED) is 0.837. The molecule has 1 unspecified atom stereocenters. The SMILES string of the molecule is COc1ccccc1N1CC(CC(=O)O)NC1=O. The van der Waals surface area contributed by atoms with Crippen LogP contribution in [0.2, 0.25) is 0 Å². The molecule has 2 N–H and O–H groups in total. The molecule has 0 aromatic heterocycles. The van der Waals surface area contributed by atoms with E-state index in [-0.39, 0.29) is 18.5 Å². The van der Waals surface area contributed by atoms with Gasteiger partial charge in [0.05, 0.1) is 25.3 Å². The highest BCUT2D eigenvalue weighted by atomic mass is 16.5. The van der Waals surface area contributed by atoms with Crippen molar-refractivity contribution in [1.82, 2.24) is 5.32 Å². The molecule has 96 valence electrons. The van der Waals surface area contributed by atoms with Crippen molar-refractivity contribution in [2.75, 3.05) is 18.6 Å². The van der Waals surface area contributed by atoms with Crippen LogP contribution < -0.4 is 15.0 Å². The van der Waals surface area contributed by atoms with Crippen LogP contribution in [-0.4, -0.2) is 36.8 Å². The molecule has 0 radical (unpaired) electrons. The van der Waals surface area contributed by atoms with E-state index < -0.39 is 5.97 Å². The van der Waals surface area contributed by atoms with Crippen molar-refractivity contribution >= 4 is 17.7 Å². The van der Waals surface area contributed by atoms with Gasteiger partial charge in [-0.1, -0.05) is 12.1 Å². The first-order chi connectivity index (χ1) is 8.61. The number of hydrogen-bond acceptors (Lipinski definition) is 3. The summed E-state index contributed by atoms with van der Waals surface area (Å²) in [5.41, 5.74) is 0.644. The van der Waals surface area contributed by atoms with Gasteiger partial charge in [-0.25, -0.2) is 4.79 Å². The molecule has 0 aliphatic carbocycles. The fourth-order valence-electron chi connectivity index (χ4n) is 1.99. The fourth-order valence-corrected chi connectivity index (χ4v) is 1.99. The third kappa shape index (κ3) is 2.37. The van der Waals surface area contributed by atoms with E-state index in [0.717, 1.165) is 0 Å². The Morgan fingerprint density at radius 2 is 2.28 bits per heavy atom. The predicted molar refractivity (Wildman–Crippen MR) is 64.9 cm³/mol. The molecule has 0 bridgehead atoms. The summed E-state index contributed by atoms with van der Waals surface area (Å²) >= 11 is 0. The van der Waals surface area contributed by atoms with Crippen LogP contribution in [0.1, 0.15) is 6.42 Å². The van der Waals surface area contributed by atoms with Gasteiger partial charge < -0.3 is 15.2 Å². The van der Waals surface area contributed by atoms with Crippen LogP contribution in [0, 0.1) is 0 Å². The Kier molecular flexibility index (Phi) is 3.36. The van der Waals surface area contributed by atoms with Gasteiger partial charge in [-0.3, -0.25) is 9.69 Å². The van der Waals surface area contributed by atoms with Gasteiger partial charge in [0.15, 0.2) is 0 Å². The van der Waals surface area contributed by atoms with E-state index in [1.807, 2.05) is 6.07 Å². The van der Waals surface area contributed by atoms with E-state index in [9.17, 15) is 9.59 Å². The number of carboxylic acids is 1. The number of aliphatic carboxylic acids is 1. The maximum Gasteiger partial charge on any atom is 0.322 e. The molecule has 18 heavy (non-hydrogen) atoms. The minimum atomic E-state index is -0.929. The number of carbonyl (C=O) groups excluding carboxylic acids is 1. The lowest BCUT2D eigenvalue weighted by atomic mass is 10.2. The average molecular weight is 250 g/mol. The van der Waals surface area contributed by atoms with Crippen LogP contribution in [0.5, 0.6) is 5.75 Å². The van der Waals surface area contributed by atoms with Crippen LogP contribution in [0.3, 0.4) is 0 Å². The van der Waals surface area contributed by atoms with E-state index in [0.29, 0.717) is 18.0 Å². The summed E-state index contributed by atoms with van der Waals surface area (Å²) in [6.45, 7) is 0.325. The number of ether oxygens (including phenoxy) is 1. The van der Waals surface area contributed by atoms with Gasteiger partial charge in [-0.05, 0) is 12.1 Å². The lowest BCUT2D eigenvalue weighted by Crippen LogP contribution is -2.29. The van der Waals surface area contributed by atoms with Crippen LogP contribution in [-0.2, 0) is 4.79 Å². The normalized spacial score (nSPS) is 18.6. The Hall–Kier alpha value is -2.24. The van der Waals surface area contributed by atoms with Gasteiger partial charge in [-0.2, -0.15) is 0 Å². The largest absolute Gasteiger partial charge is 0.495 e. The number of hydrogen-bond donors (Lipinski definition) is 2. The fraction of sp³-hybridized carbons (Fsp3) is 0.333. The number of carboxylic acid groups (broad SMARTS) is 1. The molecule has 2 amide bonds. The van der Waals surface area contributed by atoms with Crippen molar-refractivity contribution in [3.05, 3.63) is 24.3 Å². The molecule has 1 aromatic carbocycles. The smallest absolute Gasteiger partial charge is 0.322 e. The molecule has 1 fully saturated rings. The summed E-state index contributed by atoms with van der Waals surface area (Å²) in [7, 11) is 1.53. The highest BCUT2D eigenvalue weighted by Gasteiger charge is 2.32. The first-order valence-electron chi connectivity index (χ1n) is 5.54. The zero-order valence-electron chi connectivity index (χ0n) is 9.92. The number of rotatable bonds is 4. The summed E-state index contributed by atoms with van der Waals surface area (Å²) < 4.78 is 5.18. The summed E-state index contributed by atoms with van der Waals surface area (Å²) in [6.07, 6.45) is -0.0859. The third-order valence-corrected chi connectivity index (χ3v) is 2.77. The lowest BCUT2D eigenvalue weighted by molar-refractivity contribution is -0.137. The number of benzene rings is 1. The molecular formula is C12H14N2O4. The zero-order chi connectivity index (χ0) is 13.1. The number of carbonyl (C=O) groups is 2. The summed E-state index contributed by atoms with van der Waals surface area (Å²) in [4.78, 5) is 23.9. The Bertz CT molecular complexity index is 475. The number of amides is 2. The first-order valence-corrected chi connectivity index (χ1v) is 5.54. The molecule has 1 aromatic rings. The van der Waals surface area contributed by atoms with Crippen molar-refractivity contribution in [2.45, 2.75) is 12.5 Å². The first kappa shape index (κ1) is 12.2. The maximum absolute atomic E-state index is 11.8. The Morgan fingerprint density at radius 1 is 1.56 bits per heavy atom. The lowest BCUT2D eigenvalue weighted by Gasteiger charge is -2.17. The van der Waals surface area contributed by atoms with Gasteiger partial charge >= 0.3 is 12.0 Å². The second-order valence-corrected chi connectivity index (χ2v) is 4.03. The number of anilines is 1. The monoisotopic (exact) mass is 250 g/mol. The van der Waals surface area contributed by atoms with Crippen molar-refractivity contribution in [3.63, 3.8) is 0 Å². The van der Waals surface area contributed by atoms with Gasteiger partial charge in [0.25, 0.3) is 0 Å². The van der Waals surface area contributed by atoms with Gasteiger partial charge in [-0.15, -0.1) is 0 Å². The van der Waals surface area contributed by atoms with E-state index in [2.05, 4.69) is 5.32 Å². The molecule has 2 rings (SSSR count). The number of para-hydroxylation sites is 2. The summed E-state index contributed by atoms with van der Waals surface area (Å²) in [6, 6.07) is 6.46. The molecule has 1 atom stereocenters. The molecule has 1 saturated heterocycles. The van der Waals surface area contributed by atoms with E-state index in [1.54, 1.807) is 18.2 Å². The molecule has 0 saturated carbocycles. The number of nitrogens with zero attached hydrogens (tertiary/aromatic N) is 1. The van der Waals surface area contributed by atoms with Crippen LogP contribution in [0.4, 0.5) is 10.5 Å².